The molecule has 3 aromatic rings. The lowest BCUT2D eigenvalue weighted by Crippen LogP contribution is -2.28. The van der Waals surface area contributed by atoms with E-state index in [-0.39, 0.29) is 0 Å². The molecule has 0 spiro atoms. The number of hydrogen-bond donors (Lipinski definition) is 1. The van der Waals surface area contributed by atoms with Crippen LogP contribution in [0.1, 0.15) is 53.3 Å². The molecule has 0 aliphatic carbocycles. The minimum atomic E-state index is -0.717. The fourth-order valence-electron chi connectivity index (χ4n) is 3.20. The molecular weight excluding hydrogens is 416 g/mol. The molecular formula is C23H26N2O5S. The van der Waals surface area contributed by atoms with Gasteiger partial charge in [0.05, 0.1) is 19.9 Å². The molecule has 1 N–H and O–H groups in total. The number of methoxy groups -OCH3 is 2. The first-order valence-electron chi connectivity index (χ1n) is 9.74. The Kier molecular flexibility index (Phi) is 6.50. The number of nitrogens with zero attached hydrogens (tertiary/aromatic N) is 1. The number of ether oxygens (including phenoxy) is 3. The SMILES string of the molecule is COC(=O)c1sc(-c2ccc(OC)c(C(C(=O)OC(C)(C)C)c3ccc[nH]3)c2)nc1C. The fourth-order valence-corrected chi connectivity index (χ4v) is 4.18. The number of nitrogens with one attached hydrogen (secondary N) is 1. The Bertz CT molecular complexity index is 1080. The second kappa shape index (κ2) is 8.93. The first-order chi connectivity index (χ1) is 14.6. The van der Waals surface area contributed by atoms with Gasteiger partial charge in [-0.25, -0.2) is 9.78 Å². The van der Waals surface area contributed by atoms with Crippen molar-refractivity contribution in [3.8, 4) is 16.3 Å². The Morgan fingerprint density at radius 2 is 1.90 bits per heavy atom. The number of thiazole rings is 1. The number of carbonyl (C=O) groups is 2. The van der Waals surface area contributed by atoms with Crippen LogP contribution in [0.25, 0.3) is 10.6 Å². The number of H-pyrrole nitrogens is 1. The second-order valence-electron chi connectivity index (χ2n) is 7.97. The molecule has 0 saturated heterocycles. The lowest BCUT2D eigenvalue weighted by atomic mass is 9.93. The molecule has 0 aliphatic heterocycles. The third-order valence-electron chi connectivity index (χ3n) is 4.53. The maximum absolute atomic E-state index is 13.2. The van der Waals surface area contributed by atoms with Gasteiger partial charge in [-0.3, -0.25) is 4.79 Å². The molecule has 2 heterocycles. The standard InChI is InChI=1S/C23H26N2O5S/c1-13-19(22(27)29-6)31-20(25-13)14-9-10-17(28-5)15(12-14)18(16-8-7-11-24-16)21(26)30-23(2,3)4/h7-12,18,24H,1-6H3. The Balaban J connectivity index is 2.12. The number of rotatable bonds is 6. The lowest BCUT2D eigenvalue weighted by Gasteiger charge is -2.25. The van der Waals surface area contributed by atoms with E-state index in [1.165, 1.54) is 18.4 Å². The van der Waals surface area contributed by atoms with Crippen LogP contribution < -0.4 is 4.74 Å². The summed E-state index contributed by atoms with van der Waals surface area (Å²) in [7, 11) is 2.90. The van der Waals surface area contributed by atoms with E-state index in [0.717, 1.165) is 5.56 Å². The van der Waals surface area contributed by atoms with E-state index in [1.807, 2.05) is 45.0 Å². The molecule has 0 amide bonds. The van der Waals surface area contributed by atoms with Crippen LogP contribution in [0.2, 0.25) is 0 Å². The Morgan fingerprint density at radius 1 is 1.16 bits per heavy atom. The number of carbonyl (C=O) groups excluding carboxylic acids is 2. The van der Waals surface area contributed by atoms with E-state index in [0.29, 0.717) is 32.6 Å². The van der Waals surface area contributed by atoms with Crippen molar-refractivity contribution in [3.05, 3.63) is 58.4 Å². The zero-order valence-electron chi connectivity index (χ0n) is 18.4. The summed E-state index contributed by atoms with van der Waals surface area (Å²) >= 11 is 1.24. The molecule has 8 heteroatoms. The fraction of sp³-hybridized carbons (Fsp3) is 0.348. The van der Waals surface area contributed by atoms with E-state index in [9.17, 15) is 9.59 Å². The highest BCUT2D eigenvalue weighted by Crippen LogP contribution is 2.38. The Labute approximate surface area is 185 Å². The van der Waals surface area contributed by atoms with Crippen molar-refractivity contribution in [2.75, 3.05) is 14.2 Å². The van der Waals surface area contributed by atoms with Crippen LogP contribution in [-0.2, 0) is 14.3 Å². The number of benzene rings is 1. The third kappa shape index (κ3) is 4.96. The quantitative estimate of drug-likeness (QED) is 0.556. The van der Waals surface area contributed by atoms with Crippen molar-refractivity contribution in [1.82, 2.24) is 9.97 Å². The highest BCUT2D eigenvalue weighted by Gasteiger charge is 2.32. The molecule has 7 nitrogen and oxygen atoms in total. The van der Waals surface area contributed by atoms with Gasteiger partial charge in [-0.1, -0.05) is 0 Å². The Morgan fingerprint density at radius 3 is 2.48 bits per heavy atom. The molecule has 3 rings (SSSR count). The average molecular weight is 443 g/mol. The molecule has 0 radical (unpaired) electrons. The monoisotopic (exact) mass is 442 g/mol. The molecule has 1 unspecified atom stereocenters. The number of aromatic nitrogens is 2. The van der Waals surface area contributed by atoms with Crippen molar-refractivity contribution < 1.29 is 23.8 Å². The van der Waals surface area contributed by atoms with Crippen LogP contribution in [-0.4, -0.2) is 41.7 Å². The van der Waals surface area contributed by atoms with Crippen molar-refractivity contribution in [1.29, 1.82) is 0 Å². The van der Waals surface area contributed by atoms with Crippen LogP contribution >= 0.6 is 11.3 Å². The third-order valence-corrected chi connectivity index (χ3v) is 5.72. The molecule has 2 aromatic heterocycles. The molecule has 1 atom stereocenters. The highest BCUT2D eigenvalue weighted by atomic mass is 32.1. The van der Waals surface area contributed by atoms with Gasteiger partial charge in [0.25, 0.3) is 0 Å². The van der Waals surface area contributed by atoms with Crippen LogP contribution in [0.3, 0.4) is 0 Å². The number of aryl methyl sites for hydroxylation is 1. The second-order valence-corrected chi connectivity index (χ2v) is 8.97. The van der Waals surface area contributed by atoms with Gasteiger partial charge in [0.2, 0.25) is 0 Å². The summed E-state index contributed by atoms with van der Waals surface area (Å²) in [5.41, 5.74) is 2.05. The van der Waals surface area contributed by atoms with Gasteiger partial charge in [0.1, 0.15) is 27.2 Å². The predicted octanol–water partition coefficient (Wildman–Crippen LogP) is 4.72. The summed E-state index contributed by atoms with van der Waals surface area (Å²) < 4.78 is 16.1. The lowest BCUT2D eigenvalue weighted by molar-refractivity contribution is -0.155. The molecule has 0 aliphatic rings. The first kappa shape index (κ1) is 22.6. The largest absolute Gasteiger partial charge is 0.496 e. The predicted molar refractivity (Wildman–Crippen MR) is 119 cm³/mol. The maximum Gasteiger partial charge on any atom is 0.349 e. The highest BCUT2D eigenvalue weighted by molar-refractivity contribution is 7.17. The van der Waals surface area contributed by atoms with Crippen molar-refractivity contribution in [2.45, 2.75) is 39.2 Å². The number of aromatic amines is 1. The molecule has 0 fully saturated rings. The molecule has 31 heavy (non-hydrogen) atoms. The molecule has 1 aromatic carbocycles. The zero-order valence-corrected chi connectivity index (χ0v) is 19.3. The van der Waals surface area contributed by atoms with Gasteiger partial charge in [0, 0.05) is 23.0 Å². The molecule has 0 bridgehead atoms. The van der Waals surface area contributed by atoms with E-state index < -0.39 is 23.5 Å². The summed E-state index contributed by atoms with van der Waals surface area (Å²) in [6, 6.07) is 9.16. The van der Waals surface area contributed by atoms with Gasteiger partial charge in [-0.15, -0.1) is 11.3 Å². The van der Waals surface area contributed by atoms with Gasteiger partial charge in [-0.2, -0.15) is 0 Å². The first-order valence-corrected chi connectivity index (χ1v) is 10.6. The van der Waals surface area contributed by atoms with Crippen LogP contribution in [0.4, 0.5) is 0 Å². The summed E-state index contributed by atoms with van der Waals surface area (Å²) in [6.07, 6.45) is 1.76. The topological polar surface area (TPSA) is 90.5 Å². The van der Waals surface area contributed by atoms with E-state index in [1.54, 1.807) is 26.3 Å². The van der Waals surface area contributed by atoms with Crippen LogP contribution in [0.5, 0.6) is 5.75 Å². The van der Waals surface area contributed by atoms with Crippen LogP contribution in [0, 0.1) is 6.92 Å². The average Bonchev–Trinajstić information content (AvgIpc) is 3.36. The summed E-state index contributed by atoms with van der Waals surface area (Å²) in [6.45, 7) is 7.25. The molecule has 0 saturated carbocycles. The van der Waals surface area contributed by atoms with Gasteiger partial charge < -0.3 is 19.2 Å². The van der Waals surface area contributed by atoms with Crippen molar-refractivity contribution >= 4 is 23.3 Å². The van der Waals surface area contributed by atoms with E-state index in [4.69, 9.17) is 14.2 Å². The number of hydrogen-bond acceptors (Lipinski definition) is 7. The maximum atomic E-state index is 13.2. The van der Waals surface area contributed by atoms with Gasteiger partial charge >= 0.3 is 11.9 Å². The van der Waals surface area contributed by atoms with E-state index >= 15 is 0 Å². The summed E-state index contributed by atoms with van der Waals surface area (Å²) in [5.74, 6) is -0.982. The van der Waals surface area contributed by atoms with Gasteiger partial charge in [0.15, 0.2) is 0 Å². The summed E-state index contributed by atoms with van der Waals surface area (Å²) in [5, 5.41) is 0.649. The van der Waals surface area contributed by atoms with Crippen molar-refractivity contribution in [3.63, 3.8) is 0 Å². The van der Waals surface area contributed by atoms with Crippen LogP contribution in [0.15, 0.2) is 36.5 Å². The minimum absolute atomic E-state index is 0.393. The Hall–Kier alpha value is -3.13. The normalized spacial score (nSPS) is 12.3. The summed E-state index contributed by atoms with van der Waals surface area (Å²) in [4.78, 5) is 33.3. The number of esters is 2. The van der Waals surface area contributed by atoms with Crippen molar-refractivity contribution in [2.24, 2.45) is 0 Å². The minimum Gasteiger partial charge on any atom is -0.496 e. The van der Waals surface area contributed by atoms with Gasteiger partial charge in [-0.05, 0) is 58.0 Å². The van der Waals surface area contributed by atoms with E-state index in [2.05, 4.69) is 9.97 Å². The smallest absolute Gasteiger partial charge is 0.349 e. The zero-order chi connectivity index (χ0) is 22.8. The molecule has 164 valence electrons.